The average molecular weight is 424 g/mol. The van der Waals surface area contributed by atoms with Crippen molar-refractivity contribution in [3.63, 3.8) is 0 Å². The number of imide groups is 1. The van der Waals surface area contributed by atoms with Gasteiger partial charge in [0, 0.05) is 11.5 Å². The molecule has 0 radical (unpaired) electrons. The highest BCUT2D eigenvalue weighted by molar-refractivity contribution is 6.24. The highest BCUT2D eigenvalue weighted by atomic mass is 19.1. The first-order valence-corrected chi connectivity index (χ1v) is 10.2. The summed E-state index contributed by atoms with van der Waals surface area (Å²) in [6.45, 7) is 3.65. The van der Waals surface area contributed by atoms with Crippen LogP contribution in [0.3, 0.4) is 0 Å². The zero-order valence-electron chi connectivity index (χ0n) is 17.1. The molecule has 2 aromatic rings. The number of anilines is 1. The van der Waals surface area contributed by atoms with E-state index in [-0.39, 0.29) is 18.9 Å². The van der Waals surface area contributed by atoms with Crippen molar-refractivity contribution < 1.29 is 28.2 Å². The zero-order valence-corrected chi connectivity index (χ0v) is 17.1. The van der Waals surface area contributed by atoms with Crippen molar-refractivity contribution in [2.75, 3.05) is 18.1 Å². The Bertz CT molecular complexity index is 1090. The number of nitrogens with zero attached hydrogens (tertiary/aromatic N) is 2. The van der Waals surface area contributed by atoms with E-state index in [4.69, 9.17) is 9.47 Å². The minimum absolute atomic E-state index is 0.157. The Labute approximate surface area is 178 Å². The van der Waals surface area contributed by atoms with Crippen molar-refractivity contribution in [1.82, 2.24) is 4.90 Å². The molecule has 2 saturated heterocycles. The highest BCUT2D eigenvalue weighted by Gasteiger charge is 2.72. The van der Waals surface area contributed by atoms with Crippen LogP contribution in [0, 0.1) is 17.7 Å². The van der Waals surface area contributed by atoms with Gasteiger partial charge in [0.25, 0.3) is 5.91 Å². The zero-order chi connectivity index (χ0) is 21.9. The summed E-state index contributed by atoms with van der Waals surface area (Å²) >= 11 is 0. The minimum atomic E-state index is -1.45. The number of esters is 1. The van der Waals surface area contributed by atoms with Gasteiger partial charge in [0.15, 0.2) is 0 Å². The molecule has 2 aromatic carbocycles. The summed E-state index contributed by atoms with van der Waals surface area (Å²) in [5.41, 5.74) is -0.446. The fraction of sp³-hybridized carbons (Fsp3) is 0.348. The molecule has 0 aliphatic carbocycles. The molecule has 3 amide bonds. The summed E-state index contributed by atoms with van der Waals surface area (Å²) in [5.74, 6) is -2.25. The molecule has 8 heteroatoms. The van der Waals surface area contributed by atoms with Crippen LogP contribution in [-0.2, 0) is 14.3 Å². The fourth-order valence-corrected chi connectivity index (χ4v) is 5.26. The van der Waals surface area contributed by atoms with Gasteiger partial charge >= 0.3 is 12.0 Å². The molecule has 160 valence electrons. The number of hydrogen-bond acceptors (Lipinski definition) is 5. The van der Waals surface area contributed by atoms with Crippen LogP contribution in [0.4, 0.5) is 14.9 Å². The van der Waals surface area contributed by atoms with Crippen LogP contribution in [0.2, 0.25) is 0 Å². The first-order chi connectivity index (χ1) is 14.9. The third kappa shape index (κ3) is 2.54. The van der Waals surface area contributed by atoms with E-state index in [0.29, 0.717) is 5.75 Å². The Morgan fingerprint density at radius 3 is 2.61 bits per heavy atom. The smallest absolute Gasteiger partial charge is 0.332 e. The minimum Gasteiger partial charge on any atom is -0.493 e. The van der Waals surface area contributed by atoms with E-state index in [1.165, 1.54) is 29.2 Å². The summed E-state index contributed by atoms with van der Waals surface area (Å²) in [6.07, 6.45) is 0. The van der Waals surface area contributed by atoms with Gasteiger partial charge in [-0.1, -0.05) is 18.2 Å². The second-order valence-corrected chi connectivity index (χ2v) is 8.10. The average Bonchev–Trinajstić information content (AvgIpc) is 3.14. The molecule has 31 heavy (non-hydrogen) atoms. The third-order valence-corrected chi connectivity index (χ3v) is 6.55. The van der Waals surface area contributed by atoms with Crippen LogP contribution in [0.1, 0.15) is 25.5 Å². The Kier molecular flexibility index (Phi) is 4.28. The molecular formula is C23H21FN2O5. The lowest BCUT2D eigenvalue weighted by molar-refractivity contribution is -0.154. The topological polar surface area (TPSA) is 76.2 Å². The molecule has 3 heterocycles. The molecular weight excluding hydrogens is 403 g/mol. The standard InChI is InChI=1S/C23H21FN2O5/c1-3-30-20(27)18-16-12-31-17-7-5-4-6-15(17)19(16)26-22(29)25(21(28)23(18,26)2)14-10-8-13(24)9-11-14/h4-11,16,18-19H,3,12H2,1-2H3/t16-,18+,19+,23-/m1/s1. The number of ether oxygens (including phenoxy) is 2. The van der Waals surface area contributed by atoms with Crippen molar-refractivity contribution in [3.8, 4) is 5.75 Å². The number of rotatable bonds is 3. The number of hydrogen-bond donors (Lipinski definition) is 0. The first-order valence-electron chi connectivity index (χ1n) is 10.2. The van der Waals surface area contributed by atoms with E-state index in [0.717, 1.165) is 10.5 Å². The molecule has 5 rings (SSSR count). The summed E-state index contributed by atoms with van der Waals surface area (Å²) in [6, 6.07) is 11.4. The summed E-state index contributed by atoms with van der Waals surface area (Å²) < 4.78 is 24.7. The van der Waals surface area contributed by atoms with E-state index >= 15 is 0 Å². The number of urea groups is 1. The maximum Gasteiger partial charge on any atom is 0.332 e. The summed E-state index contributed by atoms with van der Waals surface area (Å²) in [5, 5.41) is 0. The Morgan fingerprint density at radius 2 is 1.90 bits per heavy atom. The van der Waals surface area contributed by atoms with E-state index in [1.807, 2.05) is 18.2 Å². The SMILES string of the molecule is CCOC(=O)[C@@H]1[C@H]2COc3ccccc3[C@@H]2N2C(=O)N(c3ccc(F)cc3)C(=O)[C@@]12C. The van der Waals surface area contributed by atoms with E-state index in [9.17, 15) is 18.8 Å². The predicted octanol–water partition coefficient (Wildman–Crippen LogP) is 3.30. The molecule has 7 nitrogen and oxygen atoms in total. The summed E-state index contributed by atoms with van der Waals surface area (Å²) in [4.78, 5) is 42.9. The van der Waals surface area contributed by atoms with E-state index in [2.05, 4.69) is 0 Å². The molecule has 0 saturated carbocycles. The second kappa shape index (κ2) is 6.80. The van der Waals surface area contributed by atoms with Crippen molar-refractivity contribution in [2.24, 2.45) is 11.8 Å². The normalized spacial score (nSPS) is 28.7. The molecule has 0 unspecified atom stereocenters. The van der Waals surface area contributed by atoms with Gasteiger partial charge < -0.3 is 14.4 Å². The van der Waals surface area contributed by atoms with Gasteiger partial charge in [-0.3, -0.25) is 9.59 Å². The van der Waals surface area contributed by atoms with Crippen LogP contribution in [0.25, 0.3) is 0 Å². The van der Waals surface area contributed by atoms with E-state index in [1.54, 1.807) is 19.9 Å². The molecule has 3 aliphatic rings. The van der Waals surface area contributed by atoms with Crippen LogP contribution in [-0.4, -0.2) is 41.6 Å². The van der Waals surface area contributed by atoms with Crippen LogP contribution >= 0.6 is 0 Å². The quantitative estimate of drug-likeness (QED) is 0.558. The van der Waals surface area contributed by atoms with Gasteiger partial charge in [-0.15, -0.1) is 0 Å². The lowest BCUT2D eigenvalue weighted by Gasteiger charge is -2.34. The Morgan fingerprint density at radius 1 is 1.19 bits per heavy atom. The largest absolute Gasteiger partial charge is 0.493 e. The number of amides is 3. The molecule has 0 aromatic heterocycles. The van der Waals surface area contributed by atoms with E-state index < -0.39 is 47.1 Å². The molecule has 0 N–H and O–H groups in total. The van der Waals surface area contributed by atoms with Gasteiger partial charge in [-0.25, -0.2) is 14.1 Å². The number of carbonyl (C=O) groups is 3. The lowest BCUT2D eigenvalue weighted by Crippen LogP contribution is -2.51. The van der Waals surface area contributed by atoms with Gasteiger partial charge in [0.05, 0.1) is 30.9 Å². The third-order valence-electron chi connectivity index (χ3n) is 6.55. The number of para-hydroxylation sites is 1. The predicted molar refractivity (Wildman–Crippen MR) is 108 cm³/mol. The van der Waals surface area contributed by atoms with Crippen LogP contribution in [0.5, 0.6) is 5.75 Å². The molecule has 0 bridgehead atoms. The van der Waals surface area contributed by atoms with Crippen molar-refractivity contribution in [3.05, 3.63) is 59.9 Å². The second-order valence-electron chi connectivity index (χ2n) is 8.10. The number of carbonyl (C=O) groups excluding carboxylic acids is 3. The van der Waals surface area contributed by atoms with Gasteiger partial charge in [0.2, 0.25) is 0 Å². The molecule has 2 fully saturated rings. The summed E-state index contributed by atoms with van der Waals surface area (Å²) in [7, 11) is 0. The number of benzene rings is 2. The van der Waals surface area contributed by atoms with Gasteiger partial charge in [0.1, 0.15) is 17.1 Å². The maximum absolute atomic E-state index is 13.7. The molecule has 4 atom stereocenters. The highest BCUT2D eigenvalue weighted by Crippen LogP contribution is 2.58. The lowest BCUT2D eigenvalue weighted by atomic mass is 9.77. The Balaban J connectivity index is 1.67. The monoisotopic (exact) mass is 424 g/mol. The van der Waals surface area contributed by atoms with Gasteiger partial charge in [-0.05, 0) is 44.2 Å². The van der Waals surface area contributed by atoms with Crippen molar-refractivity contribution in [2.45, 2.75) is 25.4 Å². The van der Waals surface area contributed by atoms with Crippen molar-refractivity contribution in [1.29, 1.82) is 0 Å². The maximum atomic E-state index is 13.7. The van der Waals surface area contributed by atoms with Gasteiger partial charge in [-0.2, -0.15) is 0 Å². The first kappa shape index (κ1) is 19.5. The fourth-order valence-electron chi connectivity index (χ4n) is 5.26. The van der Waals surface area contributed by atoms with Crippen molar-refractivity contribution >= 4 is 23.6 Å². The number of fused-ring (bicyclic) bond motifs is 5. The molecule has 0 spiro atoms. The Hall–Kier alpha value is -3.42. The number of halogens is 1. The molecule has 3 aliphatic heterocycles. The van der Waals surface area contributed by atoms with Crippen LogP contribution in [0.15, 0.2) is 48.5 Å². The van der Waals surface area contributed by atoms with Crippen LogP contribution < -0.4 is 9.64 Å².